The average molecular weight is 448 g/mol. The molecule has 0 saturated carbocycles. The Kier molecular flexibility index (Phi) is 8.06. The Morgan fingerprint density at radius 1 is 1.10 bits per heavy atom. The first-order chi connectivity index (χ1) is 14.9. The summed E-state index contributed by atoms with van der Waals surface area (Å²) in [6.07, 6.45) is 0.400. The minimum atomic E-state index is -3.84. The molecule has 8 heteroatoms. The standard InChI is InChI=1S/C23H29NO6S/c1-3-28-23(25)24-16-21(29-17-19-7-5-4-6-8-19)15-20(24)13-14-30-31(26,27)22-11-9-18(2)10-12-22/h4-12,20-21H,3,13-17H2,1-2H3/t20-,21+/m0/s1. The minimum Gasteiger partial charge on any atom is -0.450 e. The van der Waals surface area contributed by atoms with Crippen molar-refractivity contribution in [3.8, 4) is 0 Å². The molecule has 0 radical (unpaired) electrons. The fourth-order valence-corrected chi connectivity index (χ4v) is 4.47. The molecule has 0 aromatic heterocycles. The van der Waals surface area contributed by atoms with Crippen LogP contribution in [-0.2, 0) is 30.4 Å². The molecule has 1 saturated heterocycles. The molecule has 3 rings (SSSR count). The van der Waals surface area contributed by atoms with Crippen LogP contribution in [0.1, 0.15) is 30.9 Å². The van der Waals surface area contributed by atoms with Crippen molar-refractivity contribution >= 4 is 16.2 Å². The topological polar surface area (TPSA) is 82.1 Å². The molecule has 1 aliphatic heterocycles. The number of ether oxygens (including phenoxy) is 2. The van der Waals surface area contributed by atoms with Gasteiger partial charge in [-0.15, -0.1) is 0 Å². The van der Waals surface area contributed by atoms with E-state index in [1.807, 2.05) is 37.3 Å². The van der Waals surface area contributed by atoms with Crippen LogP contribution in [0.25, 0.3) is 0 Å². The number of hydrogen-bond donors (Lipinski definition) is 0. The Labute approximate surface area is 184 Å². The maximum Gasteiger partial charge on any atom is 0.410 e. The van der Waals surface area contributed by atoms with Crippen molar-refractivity contribution in [2.45, 2.75) is 50.3 Å². The summed E-state index contributed by atoms with van der Waals surface area (Å²) in [6.45, 7) is 4.74. The van der Waals surface area contributed by atoms with Gasteiger partial charge in [0.2, 0.25) is 0 Å². The summed E-state index contributed by atoms with van der Waals surface area (Å²) >= 11 is 0. The zero-order chi connectivity index (χ0) is 22.3. The summed E-state index contributed by atoms with van der Waals surface area (Å²) in [5, 5.41) is 0. The second-order valence-corrected chi connectivity index (χ2v) is 9.15. The van der Waals surface area contributed by atoms with Crippen molar-refractivity contribution in [1.29, 1.82) is 0 Å². The van der Waals surface area contributed by atoms with E-state index in [4.69, 9.17) is 13.7 Å². The van der Waals surface area contributed by atoms with Crippen LogP contribution in [-0.4, -0.2) is 51.3 Å². The van der Waals surface area contributed by atoms with Crippen molar-refractivity contribution in [2.75, 3.05) is 19.8 Å². The predicted octanol–water partition coefficient (Wildman–Crippen LogP) is 3.91. The van der Waals surface area contributed by atoms with Crippen LogP contribution < -0.4 is 0 Å². The number of carbonyl (C=O) groups excluding carboxylic acids is 1. The molecule has 0 aliphatic carbocycles. The Balaban J connectivity index is 1.57. The third-order valence-corrected chi connectivity index (χ3v) is 6.53. The Morgan fingerprint density at radius 2 is 1.81 bits per heavy atom. The van der Waals surface area contributed by atoms with Crippen LogP contribution in [0.2, 0.25) is 0 Å². The van der Waals surface area contributed by atoms with Gasteiger partial charge in [0.05, 0.1) is 37.4 Å². The van der Waals surface area contributed by atoms with Gasteiger partial charge in [-0.2, -0.15) is 8.42 Å². The van der Waals surface area contributed by atoms with Gasteiger partial charge in [-0.25, -0.2) is 4.79 Å². The molecule has 0 N–H and O–H groups in total. The monoisotopic (exact) mass is 447 g/mol. The molecule has 2 aromatic carbocycles. The molecule has 31 heavy (non-hydrogen) atoms. The first-order valence-electron chi connectivity index (χ1n) is 10.4. The number of benzene rings is 2. The summed E-state index contributed by atoms with van der Waals surface area (Å²) in [4.78, 5) is 14.1. The van der Waals surface area contributed by atoms with E-state index in [1.54, 1.807) is 24.0 Å². The number of amides is 1. The molecule has 0 bridgehead atoms. The van der Waals surface area contributed by atoms with Gasteiger partial charge in [0.15, 0.2) is 0 Å². The van der Waals surface area contributed by atoms with Crippen molar-refractivity contribution in [3.05, 3.63) is 65.7 Å². The maximum atomic E-state index is 12.4. The minimum absolute atomic E-state index is 0.0256. The highest BCUT2D eigenvalue weighted by atomic mass is 32.2. The van der Waals surface area contributed by atoms with Gasteiger partial charge < -0.3 is 14.4 Å². The third-order valence-electron chi connectivity index (χ3n) is 5.21. The van der Waals surface area contributed by atoms with Crippen molar-refractivity contribution in [2.24, 2.45) is 0 Å². The van der Waals surface area contributed by atoms with Crippen molar-refractivity contribution < 1.29 is 26.9 Å². The van der Waals surface area contributed by atoms with Crippen LogP contribution in [0, 0.1) is 6.92 Å². The summed E-state index contributed by atoms with van der Waals surface area (Å²) in [5.41, 5.74) is 2.03. The molecule has 2 atom stereocenters. The van der Waals surface area contributed by atoms with E-state index in [0.717, 1.165) is 11.1 Å². The number of nitrogens with zero attached hydrogens (tertiary/aromatic N) is 1. The fourth-order valence-electron chi connectivity index (χ4n) is 3.55. The molecule has 0 spiro atoms. The van der Waals surface area contributed by atoms with Gasteiger partial charge in [0, 0.05) is 6.04 Å². The Bertz CT molecular complexity index is 946. The van der Waals surface area contributed by atoms with E-state index in [9.17, 15) is 13.2 Å². The fraction of sp³-hybridized carbons (Fsp3) is 0.435. The molecular weight excluding hydrogens is 418 g/mol. The van der Waals surface area contributed by atoms with Crippen LogP contribution >= 0.6 is 0 Å². The van der Waals surface area contributed by atoms with Gasteiger partial charge in [0.1, 0.15) is 0 Å². The van der Waals surface area contributed by atoms with E-state index in [2.05, 4.69) is 0 Å². The van der Waals surface area contributed by atoms with E-state index in [1.165, 1.54) is 12.1 Å². The summed E-state index contributed by atoms with van der Waals surface area (Å²) in [6, 6.07) is 16.1. The molecule has 7 nitrogen and oxygen atoms in total. The van der Waals surface area contributed by atoms with Gasteiger partial charge in [-0.3, -0.25) is 4.18 Å². The largest absolute Gasteiger partial charge is 0.450 e. The van der Waals surface area contributed by atoms with Gasteiger partial charge in [-0.1, -0.05) is 48.0 Å². The van der Waals surface area contributed by atoms with Crippen LogP contribution in [0.4, 0.5) is 4.79 Å². The molecule has 2 aromatic rings. The van der Waals surface area contributed by atoms with E-state index < -0.39 is 16.2 Å². The summed E-state index contributed by atoms with van der Waals surface area (Å²) < 4.78 is 41.2. The summed E-state index contributed by atoms with van der Waals surface area (Å²) in [7, 11) is -3.84. The van der Waals surface area contributed by atoms with E-state index in [-0.39, 0.29) is 30.3 Å². The van der Waals surface area contributed by atoms with Crippen molar-refractivity contribution in [3.63, 3.8) is 0 Å². The molecule has 0 unspecified atom stereocenters. The van der Waals surface area contributed by atoms with E-state index in [0.29, 0.717) is 26.0 Å². The van der Waals surface area contributed by atoms with Crippen LogP contribution in [0.5, 0.6) is 0 Å². The molecule has 1 fully saturated rings. The van der Waals surface area contributed by atoms with Gasteiger partial charge >= 0.3 is 6.09 Å². The van der Waals surface area contributed by atoms with E-state index >= 15 is 0 Å². The zero-order valence-corrected chi connectivity index (χ0v) is 18.7. The lowest BCUT2D eigenvalue weighted by Gasteiger charge is -2.23. The number of carbonyl (C=O) groups is 1. The third kappa shape index (κ3) is 6.53. The normalized spacial score (nSPS) is 18.8. The lowest BCUT2D eigenvalue weighted by Crippen LogP contribution is -2.37. The first kappa shape index (κ1) is 23.2. The quantitative estimate of drug-likeness (QED) is 0.542. The number of likely N-dealkylation sites (tertiary alicyclic amines) is 1. The Morgan fingerprint density at radius 3 is 2.48 bits per heavy atom. The lowest BCUT2D eigenvalue weighted by molar-refractivity contribution is 0.0442. The maximum absolute atomic E-state index is 12.4. The second-order valence-electron chi connectivity index (χ2n) is 7.54. The smallest absolute Gasteiger partial charge is 0.410 e. The predicted molar refractivity (Wildman–Crippen MR) is 116 cm³/mol. The Hall–Kier alpha value is -2.42. The van der Waals surface area contributed by atoms with Crippen molar-refractivity contribution in [1.82, 2.24) is 4.90 Å². The lowest BCUT2D eigenvalue weighted by atomic mass is 10.1. The van der Waals surface area contributed by atoms with Gasteiger partial charge in [0.25, 0.3) is 10.1 Å². The molecule has 1 amide bonds. The number of rotatable bonds is 9. The van der Waals surface area contributed by atoms with Gasteiger partial charge in [-0.05, 0) is 44.4 Å². The highest BCUT2D eigenvalue weighted by Crippen LogP contribution is 2.25. The zero-order valence-electron chi connectivity index (χ0n) is 17.9. The summed E-state index contributed by atoms with van der Waals surface area (Å²) in [5.74, 6) is 0. The molecule has 168 valence electrons. The van der Waals surface area contributed by atoms with Crippen LogP contribution in [0.15, 0.2) is 59.5 Å². The highest BCUT2D eigenvalue weighted by Gasteiger charge is 2.36. The SMILES string of the molecule is CCOC(=O)N1C[C@H](OCc2ccccc2)C[C@@H]1CCOS(=O)(=O)c1ccc(C)cc1. The number of hydrogen-bond acceptors (Lipinski definition) is 6. The molecular formula is C23H29NO6S. The van der Waals surface area contributed by atoms with Crippen LogP contribution in [0.3, 0.4) is 0 Å². The second kappa shape index (κ2) is 10.7. The first-order valence-corrected chi connectivity index (χ1v) is 11.8. The highest BCUT2D eigenvalue weighted by molar-refractivity contribution is 7.86. The molecule has 1 heterocycles. The molecule has 1 aliphatic rings. The average Bonchev–Trinajstić information content (AvgIpc) is 3.16. The number of aryl methyl sites for hydroxylation is 1.